The molecule has 1 nitrogen and oxygen atoms in total. The highest BCUT2D eigenvalue weighted by atomic mass is 15.0. The quantitative estimate of drug-likeness (QED) is 0.834. The van der Waals surface area contributed by atoms with Gasteiger partial charge in [-0.1, -0.05) is 51.5 Å². The van der Waals surface area contributed by atoms with Crippen LogP contribution in [0.3, 0.4) is 0 Å². The zero-order valence-electron chi connectivity index (χ0n) is 13.3. The topological polar surface area (TPSA) is 12.0 Å². The predicted octanol–water partition coefficient (Wildman–Crippen LogP) is 4.45. The van der Waals surface area contributed by atoms with Gasteiger partial charge in [-0.05, 0) is 54.1 Å². The van der Waals surface area contributed by atoms with E-state index in [1.165, 1.54) is 56.2 Å². The van der Waals surface area contributed by atoms with Crippen LogP contribution in [0.4, 0.5) is 0 Å². The van der Waals surface area contributed by atoms with Gasteiger partial charge in [0.15, 0.2) is 0 Å². The monoisotopic (exact) mass is 271 g/mol. The number of nitrogens with one attached hydrogen (secondary N) is 1. The van der Waals surface area contributed by atoms with Crippen LogP contribution >= 0.6 is 0 Å². The van der Waals surface area contributed by atoms with Gasteiger partial charge in [-0.15, -0.1) is 0 Å². The van der Waals surface area contributed by atoms with Crippen molar-refractivity contribution in [1.82, 2.24) is 5.32 Å². The maximum Gasteiger partial charge on any atom is 0.00684 e. The van der Waals surface area contributed by atoms with Crippen LogP contribution in [0.15, 0.2) is 24.3 Å². The van der Waals surface area contributed by atoms with Gasteiger partial charge < -0.3 is 5.32 Å². The summed E-state index contributed by atoms with van der Waals surface area (Å²) in [7, 11) is 0. The van der Waals surface area contributed by atoms with Crippen molar-refractivity contribution in [2.45, 2.75) is 70.8 Å². The average Bonchev–Trinajstić information content (AvgIpc) is 3.16. The lowest BCUT2D eigenvalue weighted by molar-refractivity contribution is 0.129. The van der Waals surface area contributed by atoms with Crippen LogP contribution in [0.25, 0.3) is 0 Å². The summed E-state index contributed by atoms with van der Waals surface area (Å²) in [4.78, 5) is 0. The smallest absolute Gasteiger partial charge is 0.00684 e. The van der Waals surface area contributed by atoms with Gasteiger partial charge in [0, 0.05) is 12.6 Å². The minimum Gasteiger partial charge on any atom is -0.313 e. The van der Waals surface area contributed by atoms with E-state index in [1.807, 2.05) is 0 Å². The molecule has 0 amide bonds. The second-order valence-electron chi connectivity index (χ2n) is 8.13. The van der Waals surface area contributed by atoms with Crippen LogP contribution in [0, 0.1) is 5.41 Å². The lowest BCUT2D eigenvalue weighted by atomic mass is 9.65. The molecule has 0 aliphatic heterocycles. The van der Waals surface area contributed by atoms with E-state index in [9.17, 15) is 0 Å². The van der Waals surface area contributed by atoms with E-state index in [0.29, 0.717) is 5.41 Å². The van der Waals surface area contributed by atoms with Gasteiger partial charge >= 0.3 is 0 Å². The molecule has 2 fully saturated rings. The van der Waals surface area contributed by atoms with Gasteiger partial charge in [0.2, 0.25) is 0 Å². The highest BCUT2D eigenvalue weighted by Gasteiger charge is 2.38. The van der Waals surface area contributed by atoms with E-state index in [1.54, 1.807) is 0 Å². The van der Waals surface area contributed by atoms with Gasteiger partial charge in [0.1, 0.15) is 0 Å². The lowest BCUT2D eigenvalue weighted by Gasteiger charge is -2.42. The van der Waals surface area contributed by atoms with E-state index in [4.69, 9.17) is 0 Å². The Morgan fingerprint density at radius 2 is 1.75 bits per heavy atom. The Hall–Kier alpha value is -0.820. The Balaban J connectivity index is 1.63. The summed E-state index contributed by atoms with van der Waals surface area (Å²) in [6.45, 7) is 8.09. The van der Waals surface area contributed by atoms with Crippen molar-refractivity contribution in [3.63, 3.8) is 0 Å². The molecule has 2 saturated carbocycles. The van der Waals surface area contributed by atoms with Crippen LogP contribution in [-0.2, 0) is 11.8 Å². The van der Waals surface area contributed by atoms with Crippen LogP contribution < -0.4 is 5.32 Å². The Morgan fingerprint density at radius 3 is 2.20 bits per heavy atom. The first-order chi connectivity index (χ1) is 9.47. The SMILES string of the molecule is CC(C)(C)c1ccc(CC2(CNC3CC3)CCC2)cc1. The molecule has 0 atom stereocenters. The van der Waals surface area contributed by atoms with Crippen molar-refractivity contribution in [2.75, 3.05) is 6.54 Å². The van der Waals surface area contributed by atoms with Crippen molar-refractivity contribution < 1.29 is 0 Å². The third-order valence-corrected chi connectivity index (χ3v) is 5.16. The molecule has 0 bridgehead atoms. The Bertz CT molecular complexity index is 444. The molecule has 0 spiro atoms. The van der Waals surface area contributed by atoms with Crippen LogP contribution in [0.5, 0.6) is 0 Å². The highest BCUT2D eigenvalue weighted by Crippen LogP contribution is 2.43. The molecule has 0 aromatic heterocycles. The Kier molecular flexibility index (Phi) is 3.66. The zero-order chi connectivity index (χ0) is 14.2. The van der Waals surface area contributed by atoms with Gasteiger partial charge in [-0.25, -0.2) is 0 Å². The van der Waals surface area contributed by atoms with Gasteiger partial charge in [-0.2, -0.15) is 0 Å². The molecule has 1 aromatic rings. The fourth-order valence-corrected chi connectivity index (χ4v) is 3.30. The molecule has 2 aliphatic carbocycles. The predicted molar refractivity (Wildman–Crippen MR) is 86.2 cm³/mol. The summed E-state index contributed by atoms with van der Waals surface area (Å²) in [5.41, 5.74) is 3.79. The molecule has 3 rings (SSSR count). The third-order valence-electron chi connectivity index (χ3n) is 5.16. The third kappa shape index (κ3) is 3.25. The maximum atomic E-state index is 3.76. The van der Waals surface area contributed by atoms with E-state index in [0.717, 1.165) is 6.04 Å². The molecule has 20 heavy (non-hydrogen) atoms. The molecular weight excluding hydrogens is 242 g/mol. The summed E-state index contributed by atoms with van der Waals surface area (Å²) in [6.07, 6.45) is 8.30. The standard InChI is InChI=1S/C19H29N/c1-18(2,3)16-7-5-15(6-8-16)13-19(11-4-12-19)14-20-17-9-10-17/h5-8,17,20H,4,9-14H2,1-3H3. The van der Waals surface area contributed by atoms with E-state index >= 15 is 0 Å². The molecule has 1 N–H and O–H groups in total. The fraction of sp³-hybridized carbons (Fsp3) is 0.684. The number of benzene rings is 1. The minimum atomic E-state index is 0.264. The molecule has 110 valence electrons. The Labute approximate surface area is 124 Å². The Morgan fingerprint density at radius 1 is 1.10 bits per heavy atom. The van der Waals surface area contributed by atoms with Gasteiger partial charge in [0.25, 0.3) is 0 Å². The average molecular weight is 271 g/mol. The van der Waals surface area contributed by atoms with Crippen LogP contribution in [0.2, 0.25) is 0 Å². The number of hydrogen-bond acceptors (Lipinski definition) is 1. The van der Waals surface area contributed by atoms with E-state index < -0.39 is 0 Å². The minimum absolute atomic E-state index is 0.264. The highest BCUT2D eigenvalue weighted by molar-refractivity contribution is 5.28. The summed E-state index contributed by atoms with van der Waals surface area (Å²) in [5, 5.41) is 3.76. The molecule has 0 saturated heterocycles. The van der Waals surface area contributed by atoms with Gasteiger partial charge in [-0.3, -0.25) is 0 Å². The van der Waals surface area contributed by atoms with Crippen molar-refractivity contribution in [3.05, 3.63) is 35.4 Å². The molecule has 0 unspecified atom stereocenters. The first kappa shape index (κ1) is 14.1. The molecule has 2 aliphatic rings. The molecule has 0 heterocycles. The largest absolute Gasteiger partial charge is 0.313 e. The number of hydrogen-bond donors (Lipinski definition) is 1. The molecular formula is C19H29N. The fourth-order valence-electron chi connectivity index (χ4n) is 3.30. The molecule has 0 radical (unpaired) electrons. The molecule has 1 heteroatoms. The summed E-state index contributed by atoms with van der Waals surface area (Å²) in [5.74, 6) is 0. The van der Waals surface area contributed by atoms with Crippen LogP contribution in [0.1, 0.15) is 64.0 Å². The zero-order valence-corrected chi connectivity index (χ0v) is 13.3. The first-order valence-electron chi connectivity index (χ1n) is 8.30. The molecule has 1 aromatic carbocycles. The van der Waals surface area contributed by atoms with Crippen molar-refractivity contribution in [2.24, 2.45) is 5.41 Å². The maximum absolute atomic E-state index is 3.76. The second kappa shape index (κ2) is 5.18. The number of rotatable bonds is 5. The first-order valence-corrected chi connectivity index (χ1v) is 8.30. The summed E-state index contributed by atoms with van der Waals surface area (Å²) in [6, 6.07) is 10.2. The lowest BCUT2D eigenvalue weighted by Crippen LogP contribution is -2.42. The second-order valence-corrected chi connectivity index (χ2v) is 8.13. The summed E-state index contributed by atoms with van der Waals surface area (Å²) >= 11 is 0. The van der Waals surface area contributed by atoms with Crippen molar-refractivity contribution >= 4 is 0 Å². The van der Waals surface area contributed by atoms with E-state index in [2.05, 4.69) is 50.4 Å². The van der Waals surface area contributed by atoms with Crippen molar-refractivity contribution in [1.29, 1.82) is 0 Å². The van der Waals surface area contributed by atoms with E-state index in [-0.39, 0.29) is 5.41 Å². The summed E-state index contributed by atoms with van der Waals surface area (Å²) < 4.78 is 0. The van der Waals surface area contributed by atoms with Gasteiger partial charge in [0.05, 0.1) is 0 Å². The van der Waals surface area contributed by atoms with Crippen molar-refractivity contribution in [3.8, 4) is 0 Å². The normalized spacial score (nSPS) is 21.6. The van der Waals surface area contributed by atoms with Crippen LogP contribution in [-0.4, -0.2) is 12.6 Å².